The van der Waals surface area contributed by atoms with Crippen molar-refractivity contribution in [3.05, 3.63) is 29.3 Å². The first kappa shape index (κ1) is 16.0. The summed E-state index contributed by atoms with van der Waals surface area (Å²) in [5.74, 6) is 0.462. The van der Waals surface area contributed by atoms with Crippen molar-refractivity contribution in [2.24, 2.45) is 5.92 Å². The molecule has 1 saturated carbocycles. The Morgan fingerprint density at radius 1 is 1.20 bits per heavy atom. The normalized spacial score (nSPS) is 23.8. The molecule has 3 nitrogen and oxygen atoms in total. The van der Waals surface area contributed by atoms with Gasteiger partial charge in [0.1, 0.15) is 0 Å². The Bertz CT molecular complexity index is 563. The molecule has 1 fully saturated rings. The molecule has 0 aromatic heterocycles. The fraction of sp³-hybridized carbons (Fsp3) is 0.600. The number of hydrogen-bond donors (Lipinski definition) is 1. The Hall–Kier alpha value is -0.390. The molecule has 1 aliphatic carbocycles. The molecule has 1 aliphatic rings. The lowest BCUT2D eigenvalue weighted by Gasteiger charge is -2.25. The summed E-state index contributed by atoms with van der Waals surface area (Å²) in [7, 11) is -3.38. The first-order valence-electron chi connectivity index (χ1n) is 7.09. The van der Waals surface area contributed by atoms with E-state index in [1.54, 1.807) is 6.07 Å². The summed E-state index contributed by atoms with van der Waals surface area (Å²) >= 11 is 3.62. The zero-order valence-electron chi connectivity index (χ0n) is 12.0. The molecule has 0 spiro atoms. The second-order valence-electron chi connectivity index (χ2n) is 5.74. The van der Waals surface area contributed by atoms with Crippen LogP contribution in [0.5, 0.6) is 0 Å². The van der Waals surface area contributed by atoms with Gasteiger partial charge in [-0.15, -0.1) is 0 Å². The van der Waals surface area contributed by atoms with Gasteiger partial charge in [-0.1, -0.05) is 33.6 Å². The minimum Gasteiger partial charge on any atom is -0.211 e. The van der Waals surface area contributed by atoms with Crippen LogP contribution in [-0.4, -0.2) is 19.8 Å². The number of rotatable bonds is 4. The highest BCUT2D eigenvalue weighted by atomic mass is 79.9. The number of aryl methyl sites for hydroxylation is 2. The summed E-state index contributed by atoms with van der Waals surface area (Å²) in [6.07, 6.45) is 4.45. The smallest absolute Gasteiger partial charge is 0.211 e. The molecule has 20 heavy (non-hydrogen) atoms. The van der Waals surface area contributed by atoms with E-state index in [2.05, 4.69) is 20.7 Å². The Morgan fingerprint density at radius 2 is 1.85 bits per heavy atom. The fourth-order valence-electron chi connectivity index (χ4n) is 2.73. The van der Waals surface area contributed by atoms with Crippen molar-refractivity contribution in [3.63, 3.8) is 0 Å². The van der Waals surface area contributed by atoms with Gasteiger partial charge in [-0.3, -0.25) is 0 Å². The molecular weight excluding hydrogens is 338 g/mol. The SMILES string of the molecule is Cc1ccc(S(=O)(=O)NCC2CCC(Br)CC2)c(C)c1. The van der Waals surface area contributed by atoms with E-state index in [-0.39, 0.29) is 0 Å². The Balaban J connectivity index is 2.00. The Morgan fingerprint density at radius 3 is 2.45 bits per heavy atom. The number of sulfonamides is 1. The molecule has 0 heterocycles. The highest BCUT2D eigenvalue weighted by Crippen LogP contribution is 2.28. The van der Waals surface area contributed by atoms with Gasteiger partial charge in [0.15, 0.2) is 0 Å². The first-order valence-corrected chi connectivity index (χ1v) is 9.49. The van der Waals surface area contributed by atoms with E-state index in [0.29, 0.717) is 22.2 Å². The topological polar surface area (TPSA) is 46.2 Å². The van der Waals surface area contributed by atoms with Crippen molar-refractivity contribution in [2.45, 2.75) is 49.3 Å². The number of benzene rings is 1. The second-order valence-corrected chi connectivity index (χ2v) is 8.77. The molecule has 0 aliphatic heterocycles. The maximum Gasteiger partial charge on any atom is 0.240 e. The maximum atomic E-state index is 12.4. The number of nitrogens with one attached hydrogen (secondary N) is 1. The van der Waals surface area contributed by atoms with Gasteiger partial charge < -0.3 is 0 Å². The third-order valence-corrected chi connectivity index (χ3v) is 6.46. The number of halogens is 1. The predicted molar refractivity (Wildman–Crippen MR) is 85.8 cm³/mol. The molecule has 1 N–H and O–H groups in total. The highest BCUT2D eigenvalue weighted by Gasteiger charge is 2.22. The quantitative estimate of drug-likeness (QED) is 0.835. The van der Waals surface area contributed by atoms with Crippen molar-refractivity contribution in [3.8, 4) is 0 Å². The summed E-state index contributed by atoms with van der Waals surface area (Å²) in [5.41, 5.74) is 1.89. The van der Waals surface area contributed by atoms with E-state index in [1.165, 1.54) is 0 Å². The van der Waals surface area contributed by atoms with Gasteiger partial charge in [-0.05, 0) is 57.1 Å². The van der Waals surface area contributed by atoms with E-state index < -0.39 is 10.0 Å². The summed E-state index contributed by atoms with van der Waals surface area (Å²) in [4.78, 5) is 1.01. The van der Waals surface area contributed by atoms with E-state index in [4.69, 9.17) is 0 Å². The Kier molecular flexibility index (Phi) is 5.26. The van der Waals surface area contributed by atoms with E-state index in [0.717, 1.165) is 36.8 Å². The summed E-state index contributed by atoms with van der Waals surface area (Å²) in [6.45, 7) is 4.36. The van der Waals surface area contributed by atoms with Crippen LogP contribution >= 0.6 is 15.9 Å². The van der Waals surface area contributed by atoms with Crippen molar-refractivity contribution < 1.29 is 8.42 Å². The van der Waals surface area contributed by atoms with E-state index in [1.807, 2.05) is 26.0 Å². The van der Waals surface area contributed by atoms with E-state index in [9.17, 15) is 8.42 Å². The zero-order chi connectivity index (χ0) is 14.8. The fourth-order valence-corrected chi connectivity index (χ4v) is 4.60. The Labute approximate surface area is 130 Å². The molecule has 0 unspecified atom stereocenters. The van der Waals surface area contributed by atoms with Crippen LogP contribution in [0, 0.1) is 19.8 Å². The lowest BCUT2D eigenvalue weighted by molar-refractivity contribution is 0.366. The van der Waals surface area contributed by atoms with Crippen LogP contribution < -0.4 is 4.72 Å². The molecule has 5 heteroatoms. The van der Waals surface area contributed by atoms with Crippen LogP contribution in [0.3, 0.4) is 0 Å². The van der Waals surface area contributed by atoms with E-state index >= 15 is 0 Å². The average molecular weight is 360 g/mol. The maximum absolute atomic E-state index is 12.4. The molecule has 112 valence electrons. The summed E-state index contributed by atoms with van der Waals surface area (Å²) in [5, 5.41) is 0. The van der Waals surface area contributed by atoms with Crippen molar-refractivity contribution >= 4 is 26.0 Å². The minimum absolute atomic E-state index is 0.400. The summed E-state index contributed by atoms with van der Waals surface area (Å²) < 4.78 is 27.5. The van der Waals surface area contributed by atoms with Crippen LogP contribution in [0.1, 0.15) is 36.8 Å². The van der Waals surface area contributed by atoms with Gasteiger partial charge in [0.2, 0.25) is 10.0 Å². The first-order chi connectivity index (χ1) is 9.38. The third-order valence-electron chi connectivity index (χ3n) is 3.96. The van der Waals surface area contributed by atoms with Crippen LogP contribution in [0.15, 0.2) is 23.1 Å². The predicted octanol–water partition coefficient (Wildman–Crippen LogP) is 3.54. The van der Waals surface area contributed by atoms with Crippen LogP contribution in [0.4, 0.5) is 0 Å². The third kappa shape index (κ3) is 4.06. The standard InChI is InChI=1S/C15H22BrNO2S/c1-11-3-8-15(12(2)9-11)20(18,19)17-10-13-4-6-14(16)7-5-13/h3,8-9,13-14,17H,4-7,10H2,1-2H3. The highest BCUT2D eigenvalue weighted by molar-refractivity contribution is 9.09. The lowest BCUT2D eigenvalue weighted by Crippen LogP contribution is -2.31. The van der Waals surface area contributed by atoms with Gasteiger partial charge in [-0.25, -0.2) is 13.1 Å². The van der Waals surface area contributed by atoms with Crippen LogP contribution in [0.25, 0.3) is 0 Å². The second kappa shape index (κ2) is 6.58. The summed E-state index contributed by atoms with van der Waals surface area (Å²) in [6, 6.07) is 5.45. The number of alkyl halides is 1. The number of hydrogen-bond acceptors (Lipinski definition) is 2. The molecule has 1 aromatic carbocycles. The molecule has 0 amide bonds. The van der Waals surface area contributed by atoms with Gasteiger partial charge in [0, 0.05) is 11.4 Å². The van der Waals surface area contributed by atoms with Crippen LogP contribution in [0.2, 0.25) is 0 Å². The molecule has 0 atom stereocenters. The molecule has 0 radical (unpaired) electrons. The van der Waals surface area contributed by atoms with Gasteiger partial charge in [0.05, 0.1) is 4.90 Å². The lowest BCUT2D eigenvalue weighted by atomic mass is 9.89. The minimum atomic E-state index is -3.38. The van der Waals surface area contributed by atoms with Gasteiger partial charge in [0.25, 0.3) is 0 Å². The molecule has 1 aromatic rings. The van der Waals surface area contributed by atoms with Gasteiger partial charge >= 0.3 is 0 Å². The van der Waals surface area contributed by atoms with Crippen molar-refractivity contribution in [1.82, 2.24) is 4.72 Å². The molecular formula is C15H22BrNO2S. The zero-order valence-corrected chi connectivity index (χ0v) is 14.4. The van der Waals surface area contributed by atoms with Crippen molar-refractivity contribution in [2.75, 3.05) is 6.54 Å². The van der Waals surface area contributed by atoms with Gasteiger partial charge in [-0.2, -0.15) is 0 Å². The average Bonchev–Trinajstić information content (AvgIpc) is 2.37. The van der Waals surface area contributed by atoms with Crippen LogP contribution in [-0.2, 0) is 10.0 Å². The van der Waals surface area contributed by atoms with Crippen molar-refractivity contribution in [1.29, 1.82) is 0 Å². The monoisotopic (exact) mass is 359 g/mol. The molecule has 0 bridgehead atoms. The largest absolute Gasteiger partial charge is 0.240 e. The molecule has 2 rings (SSSR count). The molecule has 0 saturated heterocycles.